The fraction of sp³-hybridized carbons (Fsp3) is 0.400. The maximum absolute atomic E-state index is 5.71. The molecule has 1 aromatic carbocycles. The van der Waals surface area contributed by atoms with Gasteiger partial charge in [-0.3, -0.25) is 0 Å². The average Bonchev–Trinajstić information content (AvgIpc) is 2.73. The lowest BCUT2D eigenvalue weighted by atomic mass is 10.0. The number of anilines is 1. The van der Waals surface area contributed by atoms with Crippen LogP contribution in [0.25, 0.3) is 0 Å². The van der Waals surface area contributed by atoms with Crippen LogP contribution in [-0.4, -0.2) is 0 Å². The average molecular weight is 160 g/mol. The molecule has 0 radical (unpaired) electrons. The Labute approximate surface area is 71.8 Å². The summed E-state index contributed by atoms with van der Waals surface area (Å²) in [5, 5.41) is 3.54. The first-order chi connectivity index (χ1) is 5.80. The number of hydrogen-bond donors (Lipinski definition) is 2. The van der Waals surface area contributed by atoms with E-state index in [1.54, 1.807) is 0 Å². The first-order valence-electron chi connectivity index (χ1n) is 4.44. The molecule has 0 atom stereocenters. The Morgan fingerprint density at radius 3 is 2.92 bits per heavy atom. The second-order valence-corrected chi connectivity index (χ2v) is 3.85. The van der Waals surface area contributed by atoms with Gasteiger partial charge in [0.15, 0.2) is 0 Å². The summed E-state index contributed by atoms with van der Waals surface area (Å²) >= 11 is 0. The molecule has 1 spiro atoms. The number of rotatable bonds is 0. The molecule has 2 heteroatoms. The van der Waals surface area contributed by atoms with Crippen molar-refractivity contribution in [2.75, 3.05) is 5.73 Å². The molecule has 0 saturated heterocycles. The van der Waals surface area contributed by atoms with Crippen molar-refractivity contribution in [3.63, 3.8) is 0 Å². The van der Waals surface area contributed by atoms with Crippen molar-refractivity contribution in [2.24, 2.45) is 0 Å². The third-order valence-corrected chi connectivity index (χ3v) is 3.01. The molecule has 1 fully saturated rings. The van der Waals surface area contributed by atoms with Gasteiger partial charge in [0, 0.05) is 17.8 Å². The van der Waals surface area contributed by atoms with Crippen molar-refractivity contribution in [2.45, 2.75) is 24.9 Å². The highest BCUT2D eigenvalue weighted by molar-refractivity contribution is 5.51. The fourth-order valence-corrected chi connectivity index (χ4v) is 2.16. The molecule has 1 heterocycles. The number of nitrogen functional groups attached to an aromatic ring is 1. The number of nitrogens with two attached hydrogens (primary N) is 1. The second kappa shape index (κ2) is 1.83. The van der Waals surface area contributed by atoms with Gasteiger partial charge in [0.05, 0.1) is 0 Å². The van der Waals surface area contributed by atoms with E-state index >= 15 is 0 Å². The molecule has 3 N–H and O–H groups in total. The van der Waals surface area contributed by atoms with Crippen LogP contribution < -0.4 is 11.1 Å². The van der Waals surface area contributed by atoms with Gasteiger partial charge in [0.1, 0.15) is 0 Å². The van der Waals surface area contributed by atoms with Crippen molar-refractivity contribution < 1.29 is 0 Å². The lowest BCUT2D eigenvalue weighted by Gasteiger charge is -2.07. The van der Waals surface area contributed by atoms with Crippen molar-refractivity contribution in [1.82, 2.24) is 5.32 Å². The van der Waals surface area contributed by atoms with Gasteiger partial charge in [-0.05, 0) is 36.1 Å². The normalized spacial score (nSPS) is 22.7. The highest BCUT2D eigenvalue weighted by Crippen LogP contribution is 2.50. The van der Waals surface area contributed by atoms with Crippen molar-refractivity contribution in [3.05, 3.63) is 29.3 Å². The van der Waals surface area contributed by atoms with Crippen LogP contribution in [0.1, 0.15) is 24.0 Å². The van der Waals surface area contributed by atoms with Crippen LogP contribution in [0.2, 0.25) is 0 Å². The first kappa shape index (κ1) is 6.49. The summed E-state index contributed by atoms with van der Waals surface area (Å²) in [7, 11) is 0. The molecule has 1 saturated carbocycles. The van der Waals surface area contributed by atoms with Crippen molar-refractivity contribution >= 4 is 5.69 Å². The van der Waals surface area contributed by atoms with Crippen LogP contribution in [0.5, 0.6) is 0 Å². The van der Waals surface area contributed by atoms with Crippen LogP contribution in [0.15, 0.2) is 18.2 Å². The fourth-order valence-electron chi connectivity index (χ4n) is 2.16. The van der Waals surface area contributed by atoms with Crippen LogP contribution in [-0.2, 0) is 12.1 Å². The lowest BCUT2D eigenvalue weighted by molar-refractivity contribution is 0.574. The maximum Gasteiger partial charge on any atom is 0.0442 e. The monoisotopic (exact) mass is 160 g/mol. The number of hydrogen-bond acceptors (Lipinski definition) is 2. The molecule has 0 aromatic heterocycles. The Morgan fingerprint density at radius 2 is 2.17 bits per heavy atom. The number of nitrogens with one attached hydrogen (secondary N) is 1. The van der Waals surface area contributed by atoms with E-state index in [0.717, 1.165) is 12.2 Å². The second-order valence-electron chi connectivity index (χ2n) is 3.85. The Hall–Kier alpha value is -1.02. The van der Waals surface area contributed by atoms with Gasteiger partial charge in [0.2, 0.25) is 0 Å². The highest BCUT2D eigenvalue weighted by Gasteiger charge is 2.48. The maximum atomic E-state index is 5.71. The standard InChI is InChI=1S/C10H12N2/c11-8-1-2-9-7(5-8)6-12-10(9)3-4-10/h1-2,5,12H,3-4,6,11H2. The van der Waals surface area contributed by atoms with Gasteiger partial charge in [-0.25, -0.2) is 0 Å². The van der Waals surface area contributed by atoms with E-state index in [-0.39, 0.29) is 0 Å². The summed E-state index contributed by atoms with van der Waals surface area (Å²) in [6, 6.07) is 6.28. The van der Waals surface area contributed by atoms with E-state index in [9.17, 15) is 0 Å². The molecule has 1 aliphatic carbocycles. The summed E-state index contributed by atoms with van der Waals surface area (Å²) in [4.78, 5) is 0. The van der Waals surface area contributed by atoms with Crippen LogP contribution in [0.4, 0.5) is 5.69 Å². The molecule has 0 bridgehead atoms. The summed E-state index contributed by atoms with van der Waals surface area (Å²) in [5.74, 6) is 0. The minimum absolute atomic E-state index is 0.364. The zero-order valence-corrected chi connectivity index (χ0v) is 6.93. The van der Waals surface area contributed by atoms with Gasteiger partial charge >= 0.3 is 0 Å². The van der Waals surface area contributed by atoms with Crippen LogP contribution >= 0.6 is 0 Å². The predicted octanol–water partition coefficient (Wildman–Crippen LogP) is 1.36. The van der Waals surface area contributed by atoms with Gasteiger partial charge in [-0.1, -0.05) is 6.07 Å². The van der Waals surface area contributed by atoms with E-state index in [1.165, 1.54) is 24.0 Å². The molecule has 12 heavy (non-hydrogen) atoms. The predicted molar refractivity (Wildman–Crippen MR) is 48.6 cm³/mol. The first-order valence-corrected chi connectivity index (χ1v) is 4.44. The van der Waals surface area contributed by atoms with E-state index in [2.05, 4.69) is 17.4 Å². The Bertz CT molecular complexity index is 340. The summed E-state index contributed by atoms with van der Waals surface area (Å²) < 4.78 is 0. The van der Waals surface area contributed by atoms with E-state index in [1.807, 2.05) is 6.07 Å². The Morgan fingerprint density at radius 1 is 1.33 bits per heavy atom. The topological polar surface area (TPSA) is 38.0 Å². The zero-order chi connectivity index (χ0) is 8.18. The van der Waals surface area contributed by atoms with Crippen LogP contribution in [0.3, 0.4) is 0 Å². The van der Waals surface area contributed by atoms with Gasteiger partial charge in [-0.2, -0.15) is 0 Å². The summed E-state index contributed by atoms with van der Waals surface area (Å²) in [6.07, 6.45) is 2.59. The quantitative estimate of drug-likeness (QED) is 0.562. The van der Waals surface area contributed by atoms with Gasteiger partial charge in [-0.15, -0.1) is 0 Å². The molecule has 2 nitrogen and oxygen atoms in total. The van der Waals surface area contributed by atoms with E-state index in [4.69, 9.17) is 5.73 Å². The Kier molecular flexibility index (Phi) is 0.989. The third-order valence-electron chi connectivity index (χ3n) is 3.01. The smallest absolute Gasteiger partial charge is 0.0442 e. The summed E-state index contributed by atoms with van der Waals surface area (Å²) in [6.45, 7) is 1.00. The molecule has 0 amide bonds. The van der Waals surface area contributed by atoms with Gasteiger partial charge in [0.25, 0.3) is 0 Å². The Balaban J connectivity index is 2.18. The zero-order valence-electron chi connectivity index (χ0n) is 6.93. The van der Waals surface area contributed by atoms with E-state index in [0.29, 0.717) is 5.54 Å². The lowest BCUT2D eigenvalue weighted by Crippen LogP contribution is -2.19. The van der Waals surface area contributed by atoms with Crippen molar-refractivity contribution in [3.8, 4) is 0 Å². The molecule has 3 rings (SSSR count). The molecule has 1 aromatic rings. The number of fused-ring (bicyclic) bond motifs is 2. The summed E-state index contributed by atoms with van der Waals surface area (Å²) in [5.41, 5.74) is 9.84. The largest absolute Gasteiger partial charge is 0.399 e. The minimum Gasteiger partial charge on any atom is -0.399 e. The highest BCUT2D eigenvalue weighted by atomic mass is 15.0. The third kappa shape index (κ3) is 0.681. The molecule has 62 valence electrons. The molecule has 1 aliphatic heterocycles. The molecular weight excluding hydrogens is 148 g/mol. The molecular formula is C10H12N2. The minimum atomic E-state index is 0.364. The SMILES string of the molecule is Nc1ccc2c(c1)CNC21CC1. The van der Waals surface area contributed by atoms with E-state index < -0.39 is 0 Å². The number of benzene rings is 1. The van der Waals surface area contributed by atoms with Crippen molar-refractivity contribution in [1.29, 1.82) is 0 Å². The molecule has 2 aliphatic rings. The van der Waals surface area contributed by atoms with Gasteiger partial charge < -0.3 is 11.1 Å². The van der Waals surface area contributed by atoms with Crippen LogP contribution in [0, 0.1) is 0 Å². The molecule has 0 unspecified atom stereocenters.